The molecule has 68 heavy (non-hydrogen) atoms. The third-order valence-electron chi connectivity index (χ3n) is 15.2. The number of H-pyrrole nitrogens is 2. The fourth-order valence-corrected chi connectivity index (χ4v) is 11.8. The number of carbonyl (C=O) groups excluding carboxylic acids is 4. The zero-order valence-electron chi connectivity index (χ0n) is 38.3. The van der Waals surface area contributed by atoms with Gasteiger partial charge in [-0.05, 0) is 132 Å². The topological polar surface area (TPSA) is 184 Å². The van der Waals surface area contributed by atoms with Crippen molar-refractivity contribution in [3.8, 4) is 33.5 Å². The molecule has 4 N–H and O–H groups in total. The van der Waals surface area contributed by atoms with Crippen LogP contribution in [0.4, 0.5) is 9.59 Å². The lowest BCUT2D eigenvalue weighted by Gasteiger charge is -2.36. The molecule has 3 aliphatic heterocycles. The molecule has 2 aromatic heterocycles. The smallest absolute Gasteiger partial charge is 0.407 e. The molecule has 2 aliphatic carbocycles. The van der Waals surface area contributed by atoms with Crippen molar-refractivity contribution in [2.75, 3.05) is 34.0 Å². The number of alkyl carbamates (subject to hydrolysis) is 2. The number of hydrogen-bond acceptors (Lipinski definition) is 9. The molecule has 1 saturated carbocycles. The van der Waals surface area contributed by atoms with E-state index in [1.54, 1.807) is 0 Å². The Morgan fingerprint density at radius 3 is 2.22 bits per heavy atom. The molecule has 4 aromatic carbocycles. The van der Waals surface area contributed by atoms with Gasteiger partial charge in [-0.1, -0.05) is 66.7 Å². The fraction of sp³-hybridized carbons (Fsp3) is 0.396. The number of methoxy groups -OCH3 is 2. The van der Waals surface area contributed by atoms with Gasteiger partial charge in [-0.2, -0.15) is 0 Å². The number of piperidine rings is 1. The normalized spacial score (nSPS) is 21.8. The maximum Gasteiger partial charge on any atom is 0.407 e. The Kier molecular flexibility index (Phi) is 11.7. The van der Waals surface area contributed by atoms with Crippen LogP contribution in [-0.4, -0.2) is 99.8 Å². The first-order valence-corrected chi connectivity index (χ1v) is 24.0. The van der Waals surface area contributed by atoms with E-state index in [4.69, 9.17) is 24.2 Å². The highest BCUT2D eigenvalue weighted by molar-refractivity contribution is 5.89. The van der Waals surface area contributed by atoms with E-state index in [1.165, 1.54) is 36.5 Å². The molecular weight excluding hydrogens is 861 g/mol. The number of hydrogen-bond donors (Lipinski definition) is 4. The van der Waals surface area contributed by atoms with Gasteiger partial charge in [-0.3, -0.25) is 9.59 Å². The largest absolute Gasteiger partial charge is 0.453 e. The number of nitrogens with zero attached hydrogens (tertiary/aromatic N) is 4. The highest BCUT2D eigenvalue weighted by atomic mass is 16.5. The molecule has 0 unspecified atom stereocenters. The quantitative estimate of drug-likeness (QED) is 0.105. The summed E-state index contributed by atoms with van der Waals surface area (Å²) in [4.78, 5) is 74.3. The molecule has 15 heteroatoms. The highest BCUT2D eigenvalue weighted by Gasteiger charge is 2.51. The third kappa shape index (κ3) is 8.05. The van der Waals surface area contributed by atoms with Crippen molar-refractivity contribution in [3.05, 3.63) is 119 Å². The number of rotatable bonds is 10. The van der Waals surface area contributed by atoms with E-state index in [0.717, 1.165) is 90.0 Å². The Morgan fingerprint density at radius 2 is 1.46 bits per heavy atom. The third-order valence-corrected chi connectivity index (χ3v) is 15.2. The Bertz CT molecular complexity index is 2890. The van der Waals surface area contributed by atoms with Crippen molar-refractivity contribution in [3.63, 3.8) is 0 Å². The molecule has 0 radical (unpaired) electrons. The molecule has 4 fully saturated rings. The van der Waals surface area contributed by atoms with Crippen LogP contribution in [0, 0.1) is 11.8 Å². The lowest BCUT2D eigenvalue weighted by atomic mass is 9.83. The number of imidazole rings is 2. The zero-order chi connectivity index (χ0) is 46.5. The number of fused-ring (bicyclic) bond motifs is 6. The van der Waals surface area contributed by atoms with E-state index in [0.29, 0.717) is 38.2 Å². The van der Waals surface area contributed by atoms with Gasteiger partial charge >= 0.3 is 12.2 Å². The summed E-state index contributed by atoms with van der Waals surface area (Å²) in [6, 6.07) is 27.1. The van der Waals surface area contributed by atoms with Crippen molar-refractivity contribution < 1.29 is 33.4 Å². The minimum absolute atomic E-state index is 0.0266. The molecule has 4 amide bonds. The summed E-state index contributed by atoms with van der Waals surface area (Å²) in [5.41, 5.74) is 11.7. The summed E-state index contributed by atoms with van der Waals surface area (Å²) >= 11 is 0. The standard InChI is InChI=1S/C53H56N8O7/c1-66-52(64)58-45(31-20-23-68-24-21-31)50(62)60-22-6-9-44(60)48-54-29-43(57-48)36-14-18-40-35(26-36)11-10-34-25-32(13-17-39(34)40)33-15-19-41-42(28-33)56-49(55-41)47-37-12-16-38(27-37)61(47)51(63)46(59-53(65)67-2)30-7-4-3-5-8-30/h3-5,7-8,13-15,17-19,25-26,28-29,31,37-38,44-47H,6,9-12,16,20-24,27H2,1-2H3,(H,54,57)(H,55,56)(H,58,64)(H,59,65)/t37-,38+,44-,45-,46+,47-/m0/s1. The number of aromatic nitrogens is 4. The van der Waals surface area contributed by atoms with E-state index < -0.39 is 24.3 Å². The number of aromatic amines is 2. The van der Waals surface area contributed by atoms with Crippen LogP contribution in [0.25, 0.3) is 44.5 Å². The minimum Gasteiger partial charge on any atom is -0.453 e. The van der Waals surface area contributed by atoms with E-state index in [9.17, 15) is 19.2 Å². The predicted octanol–water partition coefficient (Wildman–Crippen LogP) is 8.35. The Hall–Kier alpha value is -7.00. The molecule has 350 valence electrons. The van der Waals surface area contributed by atoms with E-state index in [-0.39, 0.29) is 41.8 Å². The zero-order valence-corrected chi connectivity index (χ0v) is 38.3. The molecule has 5 heterocycles. The summed E-state index contributed by atoms with van der Waals surface area (Å²) in [5, 5.41) is 5.63. The van der Waals surface area contributed by atoms with Crippen molar-refractivity contribution in [1.82, 2.24) is 40.4 Å². The highest BCUT2D eigenvalue weighted by Crippen LogP contribution is 2.51. The Morgan fingerprint density at radius 1 is 0.750 bits per heavy atom. The lowest BCUT2D eigenvalue weighted by molar-refractivity contribution is -0.138. The monoisotopic (exact) mass is 916 g/mol. The predicted molar refractivity (Wildman–Crippen MR) is 254 cm³/mol. The minimum atomic E-state index is -0.876. The van der Waals surface area contributed by atoms with E-state index in [1.807, 2.05) is 46.3 Å². The van der Waals surface area contributed by atoms with Crippen LogP contribution >= 0.6 is 0 Å². The summed E-state index contributed by atoms with van der Waals surface area (Å²) in [6.45, 7) is 1.72. The van der Waals surface area contributed by atoms with Gasteiger partial charge in [0.15, 0.2) is 0 Å². The molecule has 3 saturated heterocycles. The number of carbonyl (C=O) groups is 4. The van der Waals surface area contributed by atoms with Crippen molar-refractivity contribution >= 4 is 35.0 Å². The van der Waals surface area contributed by atoms with Gasteiger partial charge < -0.3 is 44.6 Å². The van der Waals surface area contributed by atoms with Crippen LogP contribution in [0.2, 0.25) is 0 Å². The average molecular weight is 917 g/mol. The summed E-state index contributed by atoms with van der Waals surface area (Å²) < 4.78 is 15.4. The van der Waals surface area contributed by atoms with Crippen LogP contribution in [0.15, 0.2) is 91.1 Å². The average Bonchev–Trinajstić information content (AvgIpc) is 4.26. The number of aryl methyl sites for hydroxylation is 2. The van der Waals surface area contributed by atoms with Crippen molar-refractivity contribution in [1.29, 1.82) is 0 Å². The van der Waals surface area contributed by atoms with E-state index in [2.05, 4.69) is 75.2 Å². The van der Waals surface area contributed by atoms with Gasteiger partial charge in [0.05, 0.1) is 49.2 Å². The van der Waals surface area contributed by atoms with Crippen LogP contribution in [0.5, 0.6) is 0 Å². The van der Waals surface area contributed by atoms with Gasteiger partial charge in [0.1, 0.15) is 23.7 Å². The second-order valence-electron chi connectivity index (χ2n) is 18.9. The summed E-state index contributed by atoms with van der Waals surface area (Å²) in [6.07, 6.45) is 8.29. The van der Waals surface area contributed by atoms with Crippen LogP contribution in [0.1, 0.15) is 91.4 Å². The summed E-state index contributed by atoms with van der Waals surface area (Å²) in [5.74, 6) is 1.51. The molecular formula is C53H56N8O7. The second-order valence-corrected chi connectivity index (χ2v) is 18.9. The molecule has 15 nitrogen and oxygen atoms in total. The summed E-state index contributed by atoms with van der Waals surface area (Å²) in [7, 11) is 2.62. The SMILES string of the molecule is COC(=O)N[C@H](C(=O)N1CCC[C@H]1c1ncc(-c2ccc3c(c2)CCc2cc(-c4ccc5nc([C@@H]6[C@H]7CC[C@H](C7)N6C(=O)[C@H](NC(=O)OC)c6ccccc6)[nH]c5c4)ccc2-3)[nH]1)C1CCOCC1. The molecule has 0 spiro atoms. The maximum absolute atomic E-state index is 14.4. The maximum atomic E-state index is 14.4. The first-order chi connectivity index (χ1) is 33.2. The van der Waals surface area contributed by atoms with Crippen LogP contribution in [-0.2, 0) is 36.6 Å². The molecule has 6 atom stereocenters. The van der Waals surface area contributed by atoms with Gasteiger partial charge in [0.25, 0.3) is 5.91 Å². The number of nitrogens with one attached hydrogen (secondary N) is 4. The molecule has 6 aromatic rings. The Balaban J connectivity index is 0.804. The number of likely N-dealkylation sites (tertiary alicyclic amines) is 2. The molecule has 11 rings (SSSR count). The van der Waals surface area contributed by atoms with Crippen LogP contribution < -0.4 is 10.6 Å². The number of amides is 4. The second kappa shape index (κ2) is 18.2. The van der Waals surface area contributed by atoms with Gasteiger partial charge in [-0.15, -0.1) is 0 Å². The van der Waals surface area contributed by atoms with E-state index >= 15 is 0 Å². The lowest BCUT2D eigenvalue weighted by Crippen LogP contribution is -2.53. The number of benzene rings is 4. The van der Waals surface area contributed by atoms with Crippen molar-refractivity contribution in [2.45, 2.75) is 88.0 Å². The van der Waals surface area contributed by atoms with Crippen LogP contribution in [0.3, 0.4) is 0 Å². The first kappa shape index (κ1) is 43.6. The Labute approximate surface area is 394 Å². The van der Waals surface area contributed by atoms with Gasteiger partial charge in [-0.25, -0.2) is 19.6 Å². The molecule has 5 aliphatic rings. The molecule has 2 bridgehead atoms. The first-order valence-electron chi connectivity index (χ1n) is 24.0. The van der Waals surface area contributed by atoms with Gasteiger partial charge in [0, 0.05) is 25.8 Å². The fourth-order valence-electron chi connectivity index (χ4n) is 11.8. The number of ether oxygens (including phenoxy) is 3. The van der Waals surface area contributed by atoms with Crippen molar-refractivity contribution in [2.24, 2.45) is 11.8 Å². The van der Waals surface area contributed by atoms with Gasteiger partial charge in [0.2, 0.25) is 5.91 Å².